The fourth-order valence-electron chi connectivity index (χ4n) is 1.84. The Hall–Kier alpha value is -1.55. The van der Waals surface area contributed by atoms with E-state index in [2.05, 4.69) is 50.5 Å². The minimum Gasteiger partial charge on any atom is -0.480 e. The normalized spacial score (nSPS) is 10.2. The van der Waals surface area contributed by atoms with Crippen LogP contribution in [0.2, 0.25) is 0 Å². The first-order valence-corrected chi connectivity index (χ1v) is 7.06. The van der Waals surface area contributed by atoms with Crippen LogP contribution in [0.25, 0.3) is 0 Å². The highest BCUT2D eigenvalue weighted by Gasteiger charge is 2.02. The summed E-state index contributed by atoms with van der Waals surface area (Å²) in [5, 5.41) is 3.36. The molecule has 1 N–H and O–H groups in total. The second-order valence-corrected chi connectivity index (χ2v) is 5.09. The predicted octanol–water partition coefficient (Wildman–Crippen LogP) is 3.90. The summed E-state index contributed by atoms with van der Waals surface area (Å²) < 4.78 is 5.96. The molecule has 2 rings (SSSR count). The van der Waals surface area contributed by atoms with Crippen molar-refractivity contribution in [3.05, 3.63) is 52.6 Å². The van der Waals surface area contributed by atoms with Gasteiger partial charge in [-0.3, -0.25) is 0 Å². The van der Waals surface area contributed by atoms with Gasteiger partial charge in [-0.25, -0.2) is 4.98 Å². The highest BCUT2D eigenvalue weighted by molar-refractivity contribution is 9.10. The van der Waals surface area contributed by atoms with Crippen LogP contribution in [0.5, 0.6) is 5.88 Å². The van der Waals surface area contributed by atoms with Crippen LogP contribution in [-0.2, 0) is 6.42 Å². The molecule has 0 amide bonds. The van der Waals surface area contributed by atoms with Crippen LogP contribution in [0.3, 0.4) is 0 Å². The van der Waals surface area contributed by atoms with E-state index in [1.165, 1.54) is 5.56 Å². The van der Waals surface area contributed by atoms with E-state index in [1.807, 2.05) is 12.1 Å². The maximum atomic E-state index is 5.10. The summed E-state index contributed by atoms with van der Waals surface area (Å²) in [6, 6.07) is 12.5. The first-order chi connectivity index (χ1) is 9.29. The van der Waals surface area contributed by atoms with Gasteiger partial charge < -0.3 is 10.1 Å². The van der Waals surface area contributed by atoms with Crippen molar-refractivity contribution in [2.24, 2.45) is 0 Å². The van der Waals surface area contributed by atoms with Crippen LogP contribution in [-0.4, -0.2) is 18.6 Å². The van der Waals surface area contributed by atoms with Gasteiger partial charge in [0.15, 0.2) is 0 Å². The van der Waals surface area contributed by atoms with Crippen LogP contribution in [0.1, 0.15) is 12.0 Å². The number of nitrogens with zero attached hydrogens (tertiary/aromatic N) is 1. The van der Waals surface area contributed by atoms with Gasteiger partial charge >= 0.3 is 0 Å². The van der Waals surface area contributed by atoms with Crippen LogP contribution >= 0.6 is 15.9 Å². The number of benzene rings is 1. The number of pyridine rings is 1. The number of nitrogens with one attached hydrogen (secondary N) is 1. The maximum Gasteiger partial charge on any atom is 0.227 e. The lowest BCUT2D eigenvalue weighted by Crippen LogP contribution is -2.03. The van der Waals surface area contributed by atoms with Crippen molar-refractivity contribution >= 4 is 21.6 Å². The summed E-state index contributed by atoms with van der Waals surface area (Å²) in [7, 11) is 1.61. The molecule has 0 fully saturated rings. The quantitative estimate of drug-likeness (QED) is 0.820. The molecule has 0 saturated heterocycles. The van der Waals surface area contributed by atoms with Crippen LogP contribution < -0.4 is 10.1 Å². The van der Waals surface area contributed by atoms with Gasteiger partial charge in [-0.15, -0.1) is 0 Å². The lowest BCUT2D eigenvalue weighted by molar-refractivity contribution is 0.395. The molecular weight excluding hydrogens is 304 g/mol. The van der Waals surface area contributed by atoms with Crippen molar-refractivity contribution < 1.29 is 4.74 Å². The highest BCUT2D eigenvalue weighted by Crippen LogP contribution is 2.24. The Kier molecular flexibility index (Phi) is 5.21. The standard InChI is InChI=1S/C15H17BrN2O/c1-19-15-14(16)10-13(11-18-15)17-9-5-8-12-6-3-2-4-7-12/h2-4,6-7,10-11,17H,5,8-9H2,1H3. The first kappa shape index (κ1) is 13.9. The molecule has 0 saturated carbocycles. The van der Waals surface area contributed by atoms with Crippen molar-refractivity contribution in [1.82, 2.24) is 4.98 Å². The molecule has 1 heterocycles. The molecule has 0 radical (unpaired) electrons. The lowest BCUT2D eigenvalue weighted by Gasteiger charge is -2.08. The summed E-state index contributed by atoms with van der Waals surface area (Å²) in [6.07, 6.45) is 3.96. The van der Waals surface area contributed by atoms with Crippen LogP contribution in [0, 0.1) is 0 Å². The second kappa shape index (κ2) is 7.14. The Labute approximate surface area is 122 Å². The average Bonchev–Trinajstić information content (AvgIpc) is 2.45. The minimum absolute atomic E-state index is 0.606. The number of anilines is 1. The number of rotatable bonds is 6. The van der Waals surface area contributed by atoms with Gasteiger partial charge in [0, 0.05) is 6.54 Å². The number of methoxy groups -OCH3 is 1. The van der Waals surface area contributed by atoms with Crippen molar-refractivity contribution in [1.29, 1.82) is 0 Å². The molecule has 0 aliphatic heterocycles. The van der Waals surface area contributed by atoms with Crippen LogP contribution in [0.15, 0.2) is 47.1 Å². The molecular formula is C15H17BrN2O. The van der Waals surface area contributed by atoms with E-state index in [0.717, 1.165) is 29.5 Å². The van der Waals surface area contributed by atoms with Gasteiger partial charge in [-0.05, 0) is 40.4 Å². The molecule has 100 valence electrons. The Morgan fingerprint density at radius 2 is 2.05 bits per heavy atom. The van der Waals surface area contributed by atoms with Crippen molar-refractivity contribution in [3.63, 3.8) is 0 Å². The largest absolute Gasteiger partial charge is 0.480 e. The number of aromatic nitrogens is 1. The van der Waals surface area contributed by atoms with Gasteiger partial charge in [0.05, 0.1) is 23.5 Å². The smallest absolute Gasteiger partial charge is 0.227 e. The topological polar surface area (TPSA) is 34.1 Å². The SMILES string of the molecule is COc1ncc(NCCCc2ccccc2)cc1Br. The molecule has 3 nitrogen and oxygen atoms in total. The van der Waals surface area contributed by atoms with Gasteiger partial charge in [0.25, 0.3) is 0 Å². The number of halogens is 1. The molecule has 0 atom stereocenters. The number of aryl methyl sites for hydroxylation is 1. The summed E-state index contributed by atoms with van der Waals surface area (Å²) in [4.78, 5) is 4.20. The van der Waals surface area contributed by atoms with E-state index in [-0.39, 0.29) is 0 Å². The molecule has 4 heteroatoms. The highest BCUT2D eigenvalue weighted by atomic mass is 79.9. The molecule has 1 aromatic heterocycles. The molecule has 1 aromatic carbocycles. The zero-order valence-corrected chi connectivity index (χ0v) is 12.5. The molecule has 0 unspecified atom stereocenters. The number of hydrogen-bond acceptors (Lipinski definition) is 3. The Morgan fingerprint density at radius 1 is 1.26 bits per heavy atom. The summed E-state index contributed by atoms with van der Waals surface area (Å²) >= 11 is 3.43. The monoisotopic (exact) mass is 320 g/mol. The molecule has 2 aromatic rings. The Morgan fingerprint density at radius 3 is 2.74 bits per heavy atom. The fourth-order valence-corrected chi connectivity index (χ4v) is 2.35. The maximum absolute atomic E-state index is 5.10. The first-order valence-electron chi connectivity index (χ1n) is 6.27. The number of ether oxygens (including phenoxy) is 1. The average molecular weight is 321 g/mol. The lowest BCUT2D eigenvalue weighted by atomic mass is 10.1. The summed E-state index contributed by atoms with van der Waals surface area (Å²) in [5.74, 6) is 0.606. The molecule has 0 aliphatic carbocycles. The van der Waals surface area contributed by atoms with E-state index in [0.29, 0.717) is 5.88 Å². The van der Waals surface area contributed by atoms with Gasteiger partial charge in [0.1, 0.15) is 0 Å². The zero-order chi connectivity index (χ0) is 13.5. The molecule has 0 spiro atoms. The van der Waals surface area contributed by atoms with E-state index in [1.54, 1.807) is 13.3 Å². The van der Waals surface area contributed by atoms with Crippen LogP contribution in [0.4, 0.5) is 5.69 Å². The Bertz CT molecular complexity index is 517. The third kappa shape index (κ3) is 4.24. The number of hydrogen-bond donors (Lipinski definition) is 1. The van der Waals surface area contributed by atoms with E-state index >= 15 is 0 Å². The minimum atomic E-state index is 0.606. The summed E-state index contributed by atoms with van der Waals surface area (Å²) in [6.45, 7) is 0.926. The molecule has 0 aliphatic rings. The molecule has 19 heavy (non-hydrogen) atoms. The fraction of sp³-hybridized carbons (Fsp3) is 0.267. The second-order valence-electron chi connectivity index (χ2n) is 4.23. The van der Waals surface area contributed by atoms with Gasteiger partial charge in [-0.1, -0.05) is 30.3 Å². The Balaban J connectivity index is 1.78. The zero-order valence-electron chi connectivity index (χ0n) is 10.9. The van der Waals surface area contributed by atoms with E-state index in [4.69, 9.17) is 4.74 Å². The van der Waals surface area contributed by atoms with Crippen molar-refractivity contribution in [2.75, 3.05) is 19.0 Å². The van der Waals surface area contributed by atoms with E-state index < -0.39 is 0 Å². The van der Waals surface area contributed by atoms with Crippen molar-refractivity contribution in [2.45, 2.75) is 12.8 Å². The van der Waals surface area contributed by atoms with E-state index in [9.17, 15) is 0 Å². The van der Waals surface area contributed by atoms with Gasteiger partial charge in [-0.2, -0.15) is 0 Å². The third-order valence-corrected chi connectivity index (χ3v) is 3.38. The van der Waals surface area contributed by atoms with Gasteiger partial charge in [0.2, 0.25) is 5.88 Å². The molecule has 0 bridgehead atoms. The van der Waals surface area contributed by atoms with Crippen molar-refractivity contribution in [3.8, 4) is 5.88 Å². The predicted molar refractivity (Wildman–Crippen MR) is 81.7 cm³/mol. The summed E-state index contributed by atoms with van der Waals surface area (Å²) in [5.41, 5.74) is 2.37. The third-order valence-electron chi connectivity index (χ3n) is 2.81.